The Kier molecular flexibility index (Phi) is 8.63. The Hall–Kier alpha value is -1.94. The fourth-order valence-corrected chi connectivity index (χ4v) is 3.41. The van der Waals surface area contributed by atoms with Crippen LogP contribution < -0.4 is 10.6 Å². The third kappa shape index (κ3) is 6.27. The van der Waals surface area contributed by atoms with E-state index in [4.69, 9.17) is 5.73 Å². The highest BCUT2D eigenvalue weighted by molar-refractivity contribution is 14.0. The highest BCUT2D eigenvalue weighted by Crippen LogP contribution is 2.20. The number of hydrogen-bond acceptors (Lipinski definition) is 3. The number of guanidine groups is 1. The van der Waals surface area contributed by atoms with Gasteiger partial charge in [0, 0.05) is 31.9 Å². The van der Waals surface area contributed by atoms with Crippen molar-refractivity contribution >= 4 is 35.6 Å². The lowest BCUT2D eigenvalue weighted by molar-refractivity contribution is 0.303. The molecule has 5 nitrogen and oxygen atoms in total. The summed E-state index contributed by atoms with van der Waals surface area (Å²) in [6, 6.07) is 13.1. The lowest BCUT2D eigenvalue weighted by Crippen LogP contribution is -2.51. The van der Waals surface area contributed by atoms with Crippen LogP contribution in [0.1, 0.15) is 11.6 Å². The summed E-state index contributed by atoms with van der Waals surface area (Å²) in [5, 5.41) is 0. The van der Waals surface area contributed by atoms with Gasteiger partial charge in [-0.15, -0.1) is 24.0 Å². The van der Waals surface area contributed by atoms with Crippen molar-refractivity contribution in [2.45, 2.75) is 6.04 Å². The predicted molar refractivity (Wildman–Crippen MR) is 125 cm³/mol. The van der Waals surface area contributed by atoms with E-state index in [0.29, 0.717) is 12.5 Å². The molecule has 8 heteroatoms. The zero-order valence-electron chi connectivity index (χ0n) is 16.8. The van der Waals surface area contributed by atoms with E-state index in [9.17, 15) is 8.78 Å². The van der Waals surface area contributed by atoms with Crippen LogP contribution in [0, 0.1) is 11.6 Å². The summed E-state index contributed by atoms with van der Waals surface area (Å²) in [6.45, 7) is 3.55. The summed E-state index contributed by atoms with van der Waals surface area (Å²) < 4.78 is 26.7. The normalized spacial score (nSPS) is 16.0. The minimum Gasteiger partial charge on any atom is -0.370 e. The molecule has 0 saturated carbocycles. The number of halogens is 3. The van der Waals surface area contributed by atoms with Gasteiger partial charge < -0.3 is 20.4 Å². The highest BCUT2D eigenvalue weighted by Gasteiger charge is 2.20. The number of anilines is 1. The van der Waals surface area contributed by atoms with Crippen molar-refractivity contribution in [2.24, 2.45) is 10.7 Å². The molecule has 0 bridgehead atoms. The molecule has 1 aliphatic rings. The van der Waals surface area contributed by atoms with Gasteiger partial charge in [-0.1, -0.05) is 12.1 Å². The molecule has 1 atom stereocenters. The largest absolute Gasteiger partial charge is 0.370 e. The van der Waals surface area contributed by atoms with Crippen LogP contribution in [0.25, 0.3) is 0 Å². The number of aliphatic imine (C=N–C) groups is 1. The Morgan fingerprint density at radius 2 is 1.69 bits per heavy atom. The fraction of sp³-hybridized carbons (Fsp3) is 0.381. The first kappa shape index (κ1) is 23.3. The van der Waals surface area contributed by atoms with E-state index in [-0.39, 0.29) is 41.7 Å². The van der Waals surface area contributed by atoms with Gasteiger partial charge in [0.15, 0.2) is 5.96 Å². The Labute approximate surface area is 188 Å². The smallest absolute Gasteiger partial charge is 0.191 e. The van der Waals surface area contributed by atoms with Gasteiger partial charge in [0.05, 0.1) is 12.6 Å². The Balaban J connectivity index is 0.00000300. The standard InChI is InChI=1S/C21H27F2N5.HI/c1-26(2)20(16-4-3-5-18(23)14-16)15-25-21(24)28-12-10-27(11-13-28)19-8-6-17(22)7-9-19;/h3-9,14,20H,10-13,15H2,1-2H3,(H2,24,25);1H. The minimum absolute atomic E-state index is 0. The summed E-state index contributed by atoms with van der Waals surface area (Å²) in [7, 11) is 3.89. The molecule has 0 aliphatic carbocycles. The summed E-state index contributed by atoms with van der Waals surface area (Å²) in [4.78, 5) is 10.8. The van der Waals surface area contributed by atoms with Crippen molar-refractivity contribution in [3.63, 3.8) is 0 Å². The van der Waals surface area contributed by atoms with Crippen LogP contribution in [-0.4, -0.2) is 62.6 Å². The first-order chi connectivity index (χ1) is 13.4. The molecule has 0 amide bonds. The molecule has 2 aromatic rings. The van der Waals surface area contributed by atoms with Gasteiger partial charge in [-0.2, -0.15) is 0 Å². The van der Waals surface area contributed by atoms with Gasteiger partial charge in [-0.25, -0.2) is 8.78 Å². The van der Waals surface area contributed by atoms with E-state index in [1.807, 2.05) is 25.1 Å². The van der Waals surface area contributed by atoms with Gasteiger partial charge in [-0.05, 0) is 56.1 Å². The van der Waals surface area contributed by atoms with Crippen LogP contribution in [0.4, 0.5) is 14.5 Å². The molecule has 1 saturated heterocycles. The van der Waals surface area contributed by atoms with E-state index in [2.05, 4.69) is 14.8 Å². The van der Waals surface area contributed by atoms with Crippen LogP contribution in [0.15, 0.2) is 53.5 Å². The first-order valence-corrected chi connectivity index (χ1v) is 9.41. The van der Waals surface area contributed by atoms with Crippen LogP contribution in [0.3, 0.4) is 0 Å². The topological polar surface area (TPSA) is 48.1 Å². The second-order valence-corrected chi connectivity index (χ2v) is 7.18. The third-order valence-electron chi connectivity index (χ3n) is 5.08. The van der Waals surface area contributed by atoms with Gasteiger partial charge in [0.25, 0.3) is 0 Å². The molecule has 0 radical (unpaired) electrons. The molecule has 158 valence electrons. The van der Waals surface area contributed by atoms with E-state index in [0.717, 1.165) is 37.4 Å². The van der Waals surface area contributed by atoms with Crippen molar-refractivity contribution < 1.29 is 8.78 Å². The summed E-state index contributed by atoms with van der Waals surface area (Å²) in [5.74, 6) is 0.0210. The fourth-order valence-electron chi connectivity index (χ4n) is 3.41. The average Bonchev–Trinajstić information content (AvgIpc) is 2.68. The SMILES string of the molecule is CN(C)C(CN=C(N)N1CCN(c2ccc(F)cc2)CC1)c1cccc(F)c1.I. The molecule has 1 fully saturated rings. The predicted octanol–water partition coefficient (Wildman–Crippen LogP) is 3.32. The number of rotatable bonds is 5. The van der Waals surface area contributed by atoms with Crippen molar-refractivity contribution in [1.29, 1.82) is 0 Å². The number of piperazine rings is 1. The number of nitrogens with two attached hydrogens (primary N) is 1. The molecule has 0 spiro atoms. The lowest BCUT2D eigenvalue weighted by Gasteiger charge is -2.36. The maximum atomic E-state index is 13.6. The van der Waals surface area contributed by atoms with Crippen LogP contribution >= 0.6 is 24.0 Å². The molecule has 3 rings (SSSR count). The Morgan fingerprint density at radius 1 is 1.03 bits per heavy atom. The molecule has 1 heterocycles. The monoisotopic (exact) mass is 515 g/mol. The van der Waals surface area contributed by atoms with Gasteiger partial charge in [-0.3, -0.25) is 4.99 Å². The van der Waals surface area contributed by atoms with Gasteiger partial charge >= 0.3 is 0 Å². The molecule has 29 heavy (non-hydrogen) atoms. The minimum atomic E-state index is -0.252. The number of likely N-dealkylation sites (N-methyl/N-ethyl adjacent to an activating group) is 1. The molecule has 1 aliphatic heterocycles. The Morgan fingerprint density at radius 3 is 2.28 bits per heavy atom. The maximum absolute atomic E-state index is 13.6. The second-order valence-electron chi connectivity index (χ2n) is 7.18. The maximum Gasteiger partial charge on any atom is 0.191 e. The lowest BCUT2D eigenvalue weighted by atomic mass is 10.1. The zero-order valence-corrected chi connectivity index (χ0v) is 19.1. The molecule has 0 aromatic heterocycles. The summed E-state index contributed by atoms with van der Waals surface area (Å²) >= 11 is 0. The molecule has 2 aromatic carbocycles. The third-order valence-corrected chi connectivity index (χ3v) is 5.08. The highest BCUT2D eigenvalue weighted by atomic mass is 127. The van der Waals surface area contributed by atoms with Crippen LogP contribution in [-0.2, 0) is 0 Å². The first-order valence-electron chi connectivity index (χ1n) is 9.41. The zero-order chi connectivity index (χ0) is 20.1. The van der Waals surface area contributed by atoms with Crippen LogP contribution in [0.2, 0.25) is 0 Å². The van der Waals surface area contributed by atoms with E-state index in [1.54, 1.807) is 18.2 Å². The summed E-state index contributed by atoms with van der Waals surface area (Å²) in [6.07, 6.45) is 0. The molecular weight excluding hydrogens is 487 g/mol. The van der Waals surface area contributed by atoms with E-state index in [1.165, 1.54) is 24.3 Å². The molecular formula is C21H28F2IN5. The van der Waals surface area contributed by atoms with Crippen molar-refractivity contribution in [3.05, 3.63) is 65.7 Å². The second kappa shape index (κ2) is 10.7. The van der Waals surface area contributed by atoms with Crippen LogP contribution in [0.5, 0.6) is 0 Å². The average molecular weight is 515 g/mol. The van der Waals surface area contributed by atoms with E-state index < -0.39 is 0 Å². The van der Waals surface area contributed by atoms with Crippen molar-refractivity contribution in [3.8, 4) is 0 Å². The number of nitrogens with zero attached hydrogens (tertiary/aromatic N) is 4. The van der Waals surface area contributed by atoms with Crippen molar-refractivity contribution in [1.82, 2.24) is 9.80 Å². The quantitative estimate of drug-likeness (QED) is 0.377. The number of benzene rings is 2. The van der Waals surface area contributed by atoms with E-state index >= 15 is 0 Å². The van der Waals surface area contributed by atoms with Crippen molar-refractivity contribution in [2.75, 3.05) is 51.7 Å². The van der Waals surface area contributed by atoms with Gasteiger partial charge in [0.2, 0.25) is 0 Å². The Bertz CT molecular complexity index is 805. The molecule has 1 unspecified atom stereocenters. The number of hydrogen-bond donors (Lipinski definition) is 1. The van der Waals surface area contributed by atoms with Gasteiger partial charge in [0.1, 0.15) is 11.6 Å². The summed E-state index contributed by atoms with van der Waals surface area (Å²) in [5.41, 5.74) is 8.11. The molecule has 2 N–H and O–H groups in total.